The summed E-state index contributed by atoms with van der Waals surface area (Å²) in [6.45, 7) is -0.941. The molecule has 19 heteroatoms. The summed E-state index contributed by atoms with van der Waals surface area (Å²) in [5, 5.41) is 123. The standard InChI is InChI=1S/C27H22O19/c28-8-1-5-12(17(33)14(8)30)13-6(25(40)43-4-11-23(46-26(5)41)20(36)21(37)27(42)45-11)3-10(16(32)18(13)34)44-22-7(24(38)39)2-9(29)15(31)19(22)35/h1-3,11,20-21,23,27-37,42H,4H2,(H,38,39)/t11-,20-,21-,23-,27-/m1/s1. The number of carbonyl (C=O) groups is 3. The molecule has 2 aliphatic rings. The molecule has 0 aliphatic carbocycles. The molecule has 0 radical (unpaired) electrons. The number of phenolic OH excluding ortho intramolecular Hbond substituents is 8. The van der Waals surface area contributed by atoms with Crippen LogP contribution >= 0.6 is 0 Å². The zero-order chi connectivity index (χ0) is 33.9. The van der Waals surface area contributed by atoms with Crippen LogP contribution in [-0.2, 0) is 14.2 Å². The number of benzene rings is 3. The Labute approximate surface area is 253 Å². The van der Waals surface area contributed by atoms with Gasteiger partial charge >= 0.3 is 17.9 Å². The molecular formula is C27H22O19. The van der Waals surface area contributed by atoms with Crippen molar-refractivity contribution in [3.05, 3.63) is 34.9 Å². The number of esters is 2. The van der Waals surface area contributed by atoms with Crippen LogP contribution in [0.25, 0.3) is 11.1 Å². The number of ether oxygens (including phenoxy) is 4. The van der Waals surface area contributed by atoms with E-state index in [1.165, 1.54) is 0 Å². The summed E-state index contributed by atoms with van der Waals surface area (Å²) in [5.41, 5.74) is -4.79. The molecule has 0 spiro atoms. The van der Waals surface area contributed by atoms with Crippen molar-refractivity contribution in [2.24, 2.45) is 0 Å². The normalized spacial score (nSPS) is 22.7. The van der Waals surface area contributed by atoms with E-state index in [-0.39, 0.29) is 0 Å². The molecule has 3 aromatic rings. The molecule has 0 amide bonds. The number of aliphatic hydroxyl groups is 3. The number of hydrogen-bond acceptors (Lipinski definition) is 18. The summed E-state index contributed by atoms with van der Waals surface area (Å²) in [6, 6.07) is 1.51. The van der Waals surface area contributed by atoms with E-state index in [2.05, 4.69) is 0 Å². The van der Waals surface area contributed by atoms with Gasteiger partial charge in [-0.2, -0.15) is 0 Å². The van der Waals surface area contributed by atoms with Crippen LogP contribution in [0.5, 0.6) is 57.5 Å². The highest BCUT2D eigenvalue weighted by Crippen LogP contribution is 2.55. The van der Waals surface area contributed by atoms with Gasteiger partial charge < -0.3 is 80.2 Å². The molecule has 0 bridgehead atoms. The van der Waals surface area contributed by atoms with Crippen molar-refractivity contribution >= 4 is 17.9 Å². The van der Waals surface area contributed by atoms with Crippen molar-refractivity contribution in [2.45, 2.75) is 30.7 Å². The van der Waals surface area contributed by atoms with Gasteiger partial charge in [0.25, 0.3) is 0 Å². The molecular weight excluding hydrogens is 628 g/mol. The largest absolute Gasteiger partial charge is 0.504 e. The quantitative estimate of drug-likeness (QED) is 0.127. The lowest BCUT2D eigenvalue weighted by Gasteiger charge is -2.39. The van der Waals surface area contributed by atoms with Crippen LogP contribution in [0.3, 0.4) is 0 Å². The molecule has 5 rings (SSSR count). The lowest BCUT2D eigenvalue weighted by Crippen LogP contribution is -2.60. The second-order valence-corrected chi connectivity index (χ2v) is 9.90. The molecule has 2 heterocycles. The van der Waals surface area contributed by atoms with Gasteiger partial charge in [-0.15, -0.1) is 0 Å². The van der Waals surface area contributed by atoms with E-state index >= 15 is 0 Å². The summed E-state index contributed by atoms with van der Waals surface area (Å²) in [7, 11) is 0. The van der Waals surface area contributed by atoms with E-state index in [0.717, 1.165) is 0 Å². The monoisotopic (exact) mass is 650 g/mol. The third-order valence-corrected chi connectivity index (χ3v) is 7.11. The van der Waals surface area contributed by atoms with Gasteiger partial charge in [-0.25, -0.2) is 14.4 Å². The minimum Gasteiger partial charge on any atom is -0.504 e. The van der Waals surface area contributed by atoms with E-state index in [4.69, 9.17) is 18.9 Å². The number of aromatic hydroxyl groups is 8. The SMILES string of the molecule is O=C(O)c1cc(O)c(O)c(O)c1Oc1cc2c(c(O)c1O)-c1c(cc(O)c(O)c1O)C(=O)O[C@H]1[C@H](O)[C@@H](O)[C@H](O)O[C@@H]1COC2=O. The molecule has 0 aromatic heterocycles. The van der Waals surface area contributed by atoms with Crippen LogP contribution in [0.1, 0.15) is 31.1 Å². The minimum atomic E-state index is -2.07. The fourth-order valence-corrected chi connectivity index (χ4v) is 4.81. The lowest BCUT2D eigenvalue weighted by molar-refractivity contribution is -0.285. The van der Waals surface area contributed by atoms with Crippen molar-refractivity contribution < 1.29 is 94.6 Å². The maximum Gasteiger partial charge on any atom is 0.339 e. The van der Waals surface area contributed by atoms with Crippen LogP contribution in [0.15, 0.2) is 18.2 Å². The molecule has 1 fully saturated rings. The van der Waals surface area contributed by atoms with E-state index in [9.17, 15) is 75.7 Å². The number of carboxylic acids is 1. The predicted octanol–water partition coefficient (Wildman–Crippen LogP) is -0.376. The number of hydrogen-bond donors (Lipinski definition) is 12. The Bertz CT molecular complexity index is 1800. The van der Waals surface area contributed by atoms with Gasteiger partial charge in [0.1, 0.15) is 30.5 Å². The first-order valence-electron chi connectivity index (χ1n) is 12.7. The number of phenols is 8. The Morgan fingerprint density at radius 3 is 1.91 bits per heavy atom. The molecule has 3 aromatic carbocycles. The van der Waals surface area contributed by atoms with Gasteiger partial charge in [0, 0.05) is 23.3 Å². The molecule has 1 saturated heterocycles. The maximum atomic E-state index is 13.5. The molecule has 244 valence electrons. The van der Waals surface area contributed by atoms with E-state index in [1.807, 2.05) is 0 Å². The lowest BCUT2D eigenvalue weighted by atomic mass is 9.91. The van der Waals surface area contributed by atoms with Crippen molar-refractivity contribution in [3.8, 4) is 68.6 Å². The van der Waals surface area contributed by atoms with Crippen molar-refractivity contribution in [3.63, 3.8) is 0 Å². The average Bonchev–Trinajstić information content (AvgIpc) is 3.02. The maximum absolute atomic E-state index is 13.5. The van der Waals surface area contributed by atoms with Crippen LogP contribution in [0, 0.1) is 0 Å². The number of aliphatic hydroxyl groups excluding tert-OH is 3. The first-order valence-corrected chi connectivity index (χ1v) is 12.7. The van der Waals surface area contributed by atoms with Gasteiger partial charge in [0.15, 0.2) is 46.9 Å². The van der Waals surface area contributed by atoms with Crippen LogP contribution in [0.4, 0.5) is 0 Å². The smallest absolute Gasteiger partial charge is 0.339 e. The zero-order valence-corrected chi connectivity index (χ0v) is 22.6. The van der Waals surface area contributed by atoms with Crippen molar-refractivity contribution in [1.29, 1.82) is 0 Å². The summed E-state index contributed by atoms with van der Waals surface area (Å²) < 4.78 is 20.7. The highest BCUT2D eigenvalue weighted by Gasteiger charge is 2.48. The fourth-order valence-electron chi connectivity index (χ4n) is 4.81. The first-order chi connectivity index (χ1) is 21.5. The van der Waals surface area contributed by atoms with E-state index in [1.54, 1.807) is 0 Å². The number of carbonyl (C=O) groups excluding carboxylic acids is 2. The molecule has 19 nitrogen and oxygen atoms in total. The molecule has 12 N–H and O–H groups in total. The average molecular weight is 650 g/mol. The minimum absolute atomic E-state index is 0.457. The Kier molecular flexibility index (Phi) is 7.70. The van der Waals surface area contributed by atoms with E-state index < -0.39 is 141 Å². The second kappa shape index (κ2) is 11.2. The molecule has 46 heavy (non-hydrogen) atoms. The highest BCUT2D eigenvalue weighted by molar-refractivity contribution is 6.08. The Morgan fingerprint density at radius 1 is 0.717 bits per heavy atom. The van der Waals surface area contributed by atoms with Crippen molar-refractivity contribution in [2.75, 3.05) is 6.61 Å². The van der Waals surface area contributed by atoms with Crippen molar-refractivity contribution in [1.82, 2.24) is 0 Å². The summed E-state index contributed by atoms with van der Waals surface area (Å²) >= 11 is 0. The summed E-state index contributed by atoms with van der Waals surface area (Å²) in [4.78, 5) is 38.6. The zero-order valence-electron chi connectivity index (χ0n) is 22.6. The molecule has 5 atom stereocenters. The van der Waals surface area contributed by atoms with Crippen LogP contribution in [0.2, 0.25) is 0 Å². The first kappa shape index (κ1) is 31.5. The number of carboxylic acid groups (broad SMARTS) is 1. The van der Waals surface area contributed by atoms with Gasteiger partial charge in [-0.3, -0.25) is 0 Å². The summed E-state index contributed by atoms with van der Waals surface area (Å²) in [5.74, 6) is -17.3. The Morgan fingerprint density at radius 2 is 1.28 bits per heavy atom. The highest BCUT2D eigenvalue weighted by atomic mass is 16.7. The second-order valence-electron chi connectivity index (χ2n) is 9.90. The van der Waals surface area contributed by atoms with Crippen LogP contribution < -0.4 is 4.74 Å². The van der Waals surface area contributed by atoms with Gasteiger partial charge in [-0.05, 0) is 6.07 Å². The number of fused-ring (bicyclic) bond motifs is 4. The predicted molar refractivity (Wildman–Crippen MR) is 141 cm³/mol. The summed E-state index contributed by atoms with van der Waals surface area (Å²) in [6.07, 6.45) is -9.73. The van der Waals surface area contributed by atoms with Crippen LogP contribution in [-0.4, -0.2) is 116 Å². The number of cyclic esters (lactones) is 1. The molecule has 0 unspecified atom stereocenters. The van der Waals surface area contributed by atoms with Gasteiger partial charge in [0.05, 0.1) is 11.1 Å². The Hall–Kier alpha value is -5.89. The number of rotatable bonds is 3. The molecule has 2 aliphatic heterocycles. The van der Waals surface area contributed by atoms with E-state index in [0.29, 0.717) is 18.2 Å². The topological polar surface area (TPSA) is 331 Å². The number of aromatic carboxylic acids is 1. The van der Waals surface area contributed by atoms with Gasteiger partial charge in [0.2, 0.25) is 23.0 Å². The third kappa shape index (κ3) is 4.94. The fraction of sp³-hybridized carbons (Fsp3) is 0.222. The molecule has 0 saturated carbocycles. The Balaban J connectivity index is 1.77. The van der Waals surface area contributed by atoms with Gasteiger partial charge in [-0.1, -0.05) is 0 Å². The third-order valence-electron chi connectivity index (χ3n) is 7.11.